The van der Waals surface area contributed by atoms with Crippen LogP contribution in [0.3, 0.4) is 0 Å². The normalized spacial score (nSPS) is 20.9. The molecule has 1 aliphatic carbocycles. The monoisotopic (exact) mass is 285 g/mol. The first-order valence-corrected chi connectivity index (χ1v) is 7.46. The van der Waals surface area contributed by atoms with Crippen LogP contribution in [0, 0.1) is 5.82 Å². The molecule has 0 atom stereocenters. The molecule has 0 spiro atoms. The Morgan fingerprint density at radius 2 is 1.86 bits per heavy atom. The van der Waals surface area contributed by atoms with Crippen molar-refractivity contribution in [1.29, 1.82) is 0 Å². The molecule has 1 fully saturated rings. The lowest BCUT2D eigenvalue weighted by Crippen LogP contribution is -2.34. The summed E-state index contributed by atoms with van der Waals surface area (Å²) in [5.41, 5.74) is 3.36. The van der Waals surface area contributed by atoms with Crippen molar-refractivity contribution >= 4 is 5.69 Å². The molecule has 110 valence electrons. The van der Waals surface area contributed by atoms with Gasteiger partial charge in [0.15, 0.2) is 0 Å². The second-order valence-electron chi connectivity index (χ2n) is 5.74. The Kier molecular flexibility index (Phi) is 4.20. The van der Waals surface area contributed by atoms with E-state index in [-0.39, 0.29) is 12.4 Å². The van der Waals surface area contributed by atoms with Crippen molar-refractivity contribution in [1.82, 2.24) is 0 Å². The number of aliphatic hydroxyl groups is 1. The van der Waals surface area contributed by atoms with Gasteiger partial charge >= 0.3 is 0 Å². The molecule has 0 aliphatic heterocycles. The molecule has 2 aromatic rings. The third-order valence-corrected chi connectivity index (χ3v) is 4.18. The minimum Gasteiger partial charge on any atom is -0.396 e. The SMILES string of the molecule is OCCc1ccc(NC2CC(c3cccc(F)c3)C2)cc1. The van der Waals surface area contributed by atoms with Crippen LogP contribution in [0.5, 0.6) is 0 Å². The molecule has 1 aliphatic rings. The van der Waals surface area contributed by atoms with E-state index in [4.69, 9.17) is 5.11 Å². The first-order valence-electron chi connectivity index (χ1n) is 7.46. The average molecular weight is 285 g/mol. The number of nitrogens with one attached hydrogen (secondary N) is 1. The minimum atomic E-state index is -0.150. The van der Waals surface area contributed by atoms with Gasteiger partial charge in [0.2, 0.25) is 0 Å². The lowest BCUT2D eigenvalue weighted by atomic mass is 9.76. The molecule has 1 saturated carbocycles. The van der Waals surface area contributed by atoms with Crippen molar-refractivity contribution in [2.75, 3.05) is 11.9 Å². The molecule has 0 heterocycles. The number of hydrogen-bond donors (Lipinski definition) is 2. The summed E-state index contributed by atoms with van der Waals surface area (Å²) in [5, 5.41) is 12.4. The van der Waals surface area contributed by atoms with Gasteiger partial charge in [-0.3, -0.25) is 0 Å². The number of aliphatic hydroxyl groups excluding tert-OH is 1. The van der Waals surface area contributed by atoms with E-state index in [1.54, 1.807) is 12.1 Å². The fourth-order valence-electron chi connectivity index (χ4n) is 2.90. The van der Waals surface area contributed by atoms with Crippen LogP contribution in [0.25, 0.3) is 0 Å². The Hall–Kier alpha value is -1.87. The molecule has 2 aromatic carbocycles. The van der Waals surface area contributed by atoms with Crippen LogP contribution in [0.4, 0.5) is 10.1 Å². The van der Waals surface area contributed by atoms with Gasteiger partial charge in [0.25, 0.3) is 0 Å². The van der Waals surface area contributed by atoms with Crippen LogP contribution in [-0.4, -0.2) is 17.8 Å². The van der Waals surface area contributed by atoms with E-state index in [9.17, 15) is 4.39 Å². The van der Waals surface area contributed by atoms with E-state index in [1.165, 1.54) is 6.07 Å². The number of halogens is 1. The first-order chi connectivity index (χ1) is 10.2. The summed E-state index contributed by atoms with van der Waals surface area (Å²) in [4.78, 5) is 0. The van der Waals surface area contributed by atoms with E-state index in [0.29, 0.717) is 18.4 Å². The van der Waals surface area contributed by atoms with Gasteiger partial charge in [0.1, 0.15) is 5.82 Å². The van der Waals surface area contributed by atoms with Crippen LogP contribution in [-0.2, 0) is 6.42 Å². The summed E-state index contributed by atoms with van der Waals surface area (Å²) in [6.07, 6.45) is 2.79. The quantitative estimate of drug-likeness (QED) is 0.877. The van der Waals surface area contributed by atoms with E-state index in [0.717, 1.165) is 29.7 Å². The molecule has 0 amide bonds. The number of rotatable bonds is 5. The summed E-state index contributed by atoms with van der Waals surface area (Å²) in [5.74, 6) is 0.315. The zero-order valence-corrected chi connectivity index (χ0v) is 11.9. The predicted octanol–water partition coefficient (Wildman–Crippen LogP) is 3.72. The van der Waals surface area contributed by atoms with Crippen molar-refractivity contribution < 1.29 is 9.50 Å². The summed E-state index contributed by atoms with van der Waals surface area (Å²) in [6, 6.07) is 15.6. The molecule has 0 saturated heterocycles. The Morgan fingerprint density at radius 3 is 2.52 bits per heavy atom. The van der Waals surface area contributed by atoms with Gasteiger partial charge in [-0.1, -0.05) is 24.3 Å². The molecule has 2 N–H and O–H groups in total. The van der Waals surface area contributed by atoms with Gasteiger partial charge in [-0.25, -0.2) is 4.39 Å². The van der Waals surface area contributed by atoms with Crippen LogP contribution in [0.1, 0.15) is 29.9 Å². The molecule has 2 nitrogen and oxygen atoms in total. The molecule has 21 heavy (non-hydrogen) atoms. The fraction of sp³-hybridized carbons (Fsp3) is 0.333. The molecule has 3 heteroatoms. The number of anilines is 1. The number of hydrogen-bond acceptors (Lipinski definition) is 2. The summed E-state index contributed by atoms with van der Waals surface area (Å²) in [7, 11) is 0. The lowest BCUT2D eigenvalue weighted by Gasteiger charge is -2.37. The largest absolute Gasteiger partial charge is 0.396 e. The predicted molar refractivity (Wildman–Crippen MR) is 83.0 cm³/mol. The van der Waals surface area contributed by atoms with Crippen molar-refractivity contribution in [3.63, 3.8) is 0 Å². The van der Waals surface area contributed by atoms with E-state index in [1.807, 2.05) is 18.2 Å². The Morgan fingerprint density at radius 1 is 1.10 bits per heavy atom. The smallest absolute Gasteiger partial charge is 0.123 e. The second kappa shape index (κ2) is 6.27. The number of benzene rings is 2. The standard InChI is InChI=1S/C18H20FNO/c19-16-3-1-2-14(10-16)15-11-18(12-15)20-17-6-4-13(5-7-17)8-9-21/h1-7,10,15,18,20-21H,8-9,11-12H2. The Bertz CT molecular complexity index is 590. The van der Waals surface area contributed by atoms with Crippen LogP contribution in [0.2, 0.25) is 0 Å². The lowest BCUT2D eigenvalue weighted by molar-refractivity contribution is 0.299. The van der Waals surface area contributed by atoms with E-state index in [2.05, 4.69) is 17.4 Å². The Labute approximate surface area is 124 Å². The van der Waals surface area contributed by atoms with Crippen molar-refractivity contribution in [2.24, 2.45) is 0 Å². The van der Waals surface area contributed by atoms with Crippen LogP contribution < -0.4 is 5.32 Å². The third kappa shape index (κ3) is 3.42. The highest BCUT2D eigenvalue weighted by atomic mass is 19.1. The summed E-state index contributed by atoms with van der Waals surface area (Å²) in [6.45, 7) is 0.185. The maximum absolute atomic E-state index is 13.2. The highest BCUT2D eigenvalue weighted by Crippen LogP contribution is 2.38. The highest BCUT2D eigenvalue weighted by molar-refractivity contribution is 5.46. The van der Waals surface area contributed by atoms with Crippen molar-refractivity contribution in [3.8, 4) is 0 Å². The van der Waals surface area contributed by atoms with Gasteiger partial charge in [-0.2, -0.15) is 0 Å². The van der Waals surface area contributed by atoms with Crippen molar-refractivity contribution in [2.45, 2.75) is 31.2 Å². The molecule has 0 radical (unpaired) electrons. The third-order valence-electron chi connectivity index (χ3n) is 4.18. The maximum atomic E-state index is 13.2. The maximum Gasteiger partial charge on any atom is 0.123 e. The van der Waals surface area contributed by atoms with Gasteiger partial charge in [-0.05, 0) is 60.6 Å². The summed E-state index contributed by atoms with van der Waals surface area (Å²) < 4.78 is 13.2. The fourth-order valence-corrected chi connectivity index (χ4v) is 2.90. The zero-order chi connectivity index (χ0) is 14.7. The topological polar surface area (TPSA) is 32.3 Å². The van der Waals surface area contributed by atoms with Gasteiger partial charge in [0.05, 0.1) is 0 Å². The summed E-state index contributed by atoms with van der Waals surface area (Å²) >= 11 is 0. The average Bonchev–Trinajstić information content (AvgIpc) is 2.44. The van der Waals surface area contributed by atoms with Crippen LogP contribution >= 0.6 is 0 Å². The molecular weight excluding hydrogens is 265 g/mol. The molecule has 0 bridgehead atoms. The molecule has 0 unspecified atom stereocenters. The van der Waals surface area contributed by atoms with E-state index >= 15 is 0 Å². The second-order valence-corrected chi connectivity index (χ2v) is 5.74. The Balaban J connectivity index is 1.52. The van der Waals surface area contributed by atoms with Gasteiger partial charge < -0.3 is 10.4 Å². The molecule has 0 aromatic heterocycles. The van der Waals surface area contributed by atoms with Gasteiger partial charge in [0, 0.05) is 18.3 Å². The highest BCUT2D eigenvalue weighted by Gasteiger charge is 2.30. The zero-order valence-electron chi connectivity index (χ0n) is 11.9. The van der Waals surface area contributed by atoms with Crippen LogP contribution in [0.15, 0.2) is 48.5 Å². The van der Waals surface area contributed by atoms with Crippen molar-refractivity contribution in [3.05, 3.63) is 65.5 Å². The minimum absolute atomic E-state index is 0.150. The molecular formula is C18H20FNO. The van der Waals surface area contributed by atoms with E-state index < -0.39 is 0 Å². The molecule has 3 rings (SSSR count). The van der Waals surface area contributed by atoms with Gasteiger partial charge in [-0.15, -0.1) is 0 Å². The first kappa shape index (κ1) is 14.1.